The molecule has 0 aliphatic carbocycles. The molecule has 3 heterocycles. The number of fused-ring (bicyclic) bond motifs is 1. The lowest BCUT2D eigenvalue weighted by Gasteiger charge is -2.15. The van der Waals surface area contributed by atoms with Crippen molar-refractivity contribution in [2.24, 2.45) is 0 Å². The highest BCUT2D eigenvalue weighted by atomic mass is 16.2. The Morgan fingerprint density at radius 1 is 1.27 bits per heavy atom. The normalized spacial score (nSPS) is 18.0. The molecule has 0 saturated carbocycles. The van der Waals surface area contributed by atoms with E-state index in [4.69, 9.17) is 0 Å². The van der Waals surface area contributed by atoms with E-state index in [1.807, 2.05) is 11.0 Å². The van der Waals surface area contributed by atoms with E-state index < -0.39 is 0 Å². The van der Waals surface area contributed by atoms with Crippen molar-refractivity contribution in [2.45, 2.75) is 12.3 Å². The second kappa shape index (κ2) is 5.26. The average Bonchev–Trinajstić information content (AvgIpc) is 3.21. The number of carbonyl (C=O) groups excluding carboxylic acids is 1. The van der Waals surface area contributed by atoms with E-state index in [9.17, 15) is 4.79 Å². The summed E-state index contributed by atoms with van der Waals surface area (Å²) in [6, 6.07) is 8.29. The Kier molecular flexibility index (Phi) is 3.11. The zero-order valence-corrected chi connectivity index (χ0v) is 12.1. The molecule has 110 valence electrons. The smallest absolute Gasteiger partial charge is 0.274 e. The van der Waals surface area contributed by atoms with Crippen molar-refractivity contribution in [2.75, 3.05) is 13.1 Å². The summed E-state index contributed by atoms with van der Waals surface area (Å²) >= 11 is 0. The van der Waals surface area contributed by atoms with Crippen molar-refractivity contribution < 1.29 is 4.79 Å². The van der Waals surface area contributed by atoms with Gasteiger partial charge in [-0.05, 0) is 18.1 Å². The Morgan fingerprint density at radius 3 is 3.05 bits per heavy atom. The Balaban J connectivity index is 1.56. The summed E-state index contributed by atoms with van der Waals surface area (Å²) in [5.41, 5.74) is 2.86. The van der Waals surface area contributed by atoms with Gasteiger partial charge in [0.05, 0.1) is 6.20 Å². The number of hydrogen-bond acceptors (Lipinski definition) is 3. The first-order valence-corrected chi connectivity index (χ1v) is 7.44. The van der Waals surface area contributed by atoms with Gasteiger partial charge in [-0.3, -0.25) is 9.78 Å². The van der Waals surface area contributed by atoms with Gasteiger partial charge in [0, 0.05) is 48.5 Å². The summed E-state index contributed by atoms with van der Waals surface area (Å²) in [5.74, 6) is 0.340. The van der Waals surface area contributed by atoms with Crippen molar-refractivity contribution in [3.63, 3.8) is 0 Å². The highest BCUT2D eigenvalue weighted by Crippen LogP contribution is 2.32. The molecule has 5 heteroatoms. The minimum atomic E-state index is -0.0320. The minimum absolute atomic E-state index is 0.0320. The first-order valence-electron chi connectivity index (χ1n) is 7.44. The number of nitrogens with one attached hydrogen (secondary N) is 1. The number of nitrogens with zero attached hydrogens (tertiary/aromatic N) is 3. The molecular formula is C17H16N4O. The maximum Gasteiger partial charge on any atom is 0.274 e. The van der Waals surface area contributed by atoms with E-state index in [1.54, 1.807) is 12.4 Å². The molecule has 1 saturated heterocycles. The van der Waals surface area contributed by atoms with Crippen LogP contribution < -0.4 is 0 Å². The molecule has 0 spiro atoms. The number of aromatic nitrogens is 3. The fourth-order valence-corrected chi connectivity index (χ4v) is 3.20. The molecular weight excluding hydrogens is 276 g/mol. The molecule has 1 aromatic carbocycles. The first-order chi connectivity index (χ1) is 10.8. The zero-order chi connectivity index (χ0) is 14.9. The van der Waals surface area contributed by atoms with Crippen LogP contribution in [0.25, 0.3) is 10.9 Å². The number of amides is 1. The number of hydrogen-bond donors (Lipinski definition) is 1. The standard InChI is InChI=1S/C17H16N4O/c22-17(16-10-18-6-7-19-16)21-8-5-12(11-21)14-9-20-15-4-2-1-3-13(14)15/h1-4,6-7,9-10,12,20H,5,8,11H2. The molecule has 5 nitrogen and oxygen atoms in total. The van der Waals surface area contributed by atoms with Crippen LogP contribution in [-0.4, -0.2) is 38.8 Å². The van der Waals surface area contributed by atoms with Crippen LogP contribution in [0.5, 0.6) is 0 Å². The van der Waals surface area contributed by atoms with Crippen LogP contribution in [0.1, 0.15) is 28.4 Å². The predicted molar refractivity (Wildman–Crippen MR) is 83.6 cm³/mol. The van der Waals surface area contributed by atoms with Crippen LogP contribution in [-0.2, 0) is 0 Å². The summed E-state index contributed by atoms with van der Waals surface area (Å²) in [6.45, 7) is 1.50. The first kappa shape index (κ1) is 13.0. The molecule has 1 atom stereocenters. The Hall–Kier alpha value is -2.69. The fraction of sp³-hybridized carbons (Fsp3) is 0.235. The molecule has 0 bridgehead atoms. The van der Waals surface area contributed by atoms with E-state index in [0.717, 1.165) is 25.0 Å². The maximum atomic E-state index is 12.4. The van der Waals surface area contributed by atoms with E-state index in [0.29, 0.717) is 11.6 Å². The topological polar surface area (TPSA) is 61.9 Å². The highest BCUT2D eigenvalue weighted by molar-refractivity contribution is 5.92. The lowest BCUT2D eigenvalue weighted by Crippen LogP contribution is -2.29. The molecule has 22 heavy (non-hydrogen) atoms. The van der Waals surface area contributed by atoms with Gasteiger partial charge in [-0.1, -0.05) is 18.2 Å². The van der Waals surface area contributed by atoms with E-state index in [-0.39, 0.29) is 5.91 Å². The average molecular weight is 292 g/mol. The summed E-state index contributed by atoms with van der Waals surface area (Å²) < 4.78 is 0. The molecule has 1 N–H and O–H groups in total. The third-order valence-corrected chi connectivity index (χ3v) is 4.32. The summed E-state index contributed by atoms with van der Waals surface area (Å²) in [6.07, 6.45) is 7.72. The number of likely N-dealkylation sites (tertiary alicyclic amines) is 1. The number of aromatic amines is 1. The van der Waals surface area contributed by atoms with Gasteiger partial charge in [-0.15, -0.1) is 0 Å². The molecule has 1 fully saturated rings. The van der Waals surface area contributed by atoms with Crippen LogP contribution >= 0.6 is 0 Å². The molecule has 1 aliphatic heterocycles. The van der Waals surface area contributed by atoms with Gasteiger partial charge in [0.15, 0.2) is 0 Å². The van der Waals surface area contributed by atoms with Crippen LogP contribution in [0.4, 0.5) is 0 Å². The van der Waals surface area contributed by atoms with Crippen LogP contribution in [0.3, 0.4) is 0 Å². The highest BCUT2D eigenvalue weighted by Gasteiger charge is 2.29. The maximum absolute atomic E-state index is 12.4. The van der Waals surface area contributed by atoms with Crippen LogP contribution in [0.2, 0.25) is 0 Å². The van der Waals surface area contributed by atoms with Crippen molar-refractivity contribution in [1.29, 1.82) is 0 Å². The summed E-state index contributed by atoms with van der Waals surface area (Å²) in [4.78, 5) is 25.7. The summed E-state index contributed by atoms with van der Waals surface area (Å²) in [7, 11) is 0. The van der Waals surface area contributed by atoms with Gasteiger partial charge in [0.2, 0.25) is 0 Å². The number of rotatable bonds is 2. The van der Waals surface area contributed by atoms with Gasteiger partial charge < -0.3 is 9.88 Å². The molecule has 1 amide bonds. The Bertz CT molecular complexity index is 812. The van der Waals surface area contributed by atoms with E-state index >= 15 is 0 Å². The monoisotopic (exact) mass is 292 g/mol. The van der Waals surface area contributed by atoms with Crippen molar-refractivity contribution in [3.05, 3.63) is 60.3 Å². The largest absolute Gasteiger partial charge is 0.361 e. The minimum Gasteiger partial charge on any atom is -0.361 e. The molecule has 0 radical (unpaired) electrons. The molecule has 4 rings (SSSR count). The molecule has 1 unspecified atom stereocenters. The lowest BCUT2D eigenvalue weighted by molar-refractivity contribution is 0.0784. The fourth-order valence-electron chi connectivity index (χ4n) is 3.20. The van der Waals surface area contributed by atoms with Crippen molar-refractivity contribution in [1.82, 2.24) is 19.9 Å². The van der Waals surface area contributed by atoms with Crippen molar-refractivity contribution >= 4 is 16.8 Å². The second-order valence-electron chi connectivity index (χ2n) is 5.62. The number of para-hydroxylation sites is 1. The molecule has 1 aliphatic rings. The molecule has 3 aromatic rings. The van der Waals surface area contributed by atoms with Gasteiger partial charge in [0.1, 0.15) is 5.69 Å². The third-order valence-electron chi connectivity index (χ3n) is 4.32. The predicted octanol–water partition coefficient (Wildman–Crippen LogP) is 2.59. The van der Waals surface area contributed by atoms with Crippen LogP contribution in [0.15, 0.2) is 49.1 Å². The number of benzene rings is 1. The number of H-pyrrole nitrogens is 1. The second-order valence-corrected chi connectivity index (χ2v) is 5.62. The van der Waals surface area contributed by atoms with Gasteiger partial charge in [-0.2, -0.15) is 0 Å². The van der Waals surface area contributed by atoms with Crippen molar-refractivity contribution in [3.8, 4) is 0 Å². The quantitative estimate of drug-likeness (QED) is 0.789. The van der Waals surface area contributed by atoms with Gasteiger partial charge in [-0.25, -0.2) is 4.98 Å². The number of carbonyl (C=O) groups is 1. The zero-order valence-electron chi connectivity index (χ0n) is 12.1. The Labute approximate surface area is 128 Å². The third kappa shape index (κ3) is 2.15. The lowest BCUT2D eigenvalue weighted by atomic mass is 9.98. The van der Waals surface area contributed by atoms with E-state index in [2.05, 4.69) is 39.3 Å². The SMILES string of the molecule is O=C(c1cnccn1)N1CCC(c2c[nH]c3ccccc23)C1. The van der Waals surface area contributed by atoms with E-state index in [1.165, 1.54) is 17.1 Å². The summed E-state index contributed by atoms with van der Waals surface area (Å²) in [5, 5.41) is 1.25. The van der Waals surface area contributed by atoms with Gasteiger partial charge >= 0.3 is 0 Å². The van der Waals surface area contributed by atoms with Gasteiger partial charge in [0.25, 0.3) is 5.91 Å². The Morgan fingerprint density at radius 2 is 2.18 bits per heavy atom. The van der Waals surface area contributed by atoms with Crippen LogP contribution in [0, 0.1) is 0 Å². The molecule has 2 aromatic heterocycles.